The molecule has 31 heavy (non-hydrogen) atoms. The normalized spacial score (nSPS) is 14.0. The summed E-state index contributed by atoms with van der Waals surface area (Å²) >= 11 is 0. The van der Waals surface area contributed by atoms with Crippen LogP contribution in [0.5, 0.6) is 0 Å². The molecule has 1 aliphatic heterocycles. The van der Waals surface area contributed by atoms with Gasteiger partial charge in [-0.05, 0) is 17.5 Å². The van der Waals surface area contributed by atoms with Gasteiger partial charge in [0.05, 0.1) is 15.4 Å². The van der Waals surface area contributed by atoms with Crippen molar-refractivity contribution in [2.24, 2.45) is 0 Å². The van der Waals surface area contributed by atoms with Crippen molar-refractivity contribution in [1.29, 1.82) is 0 Å². The fourth-order valence-corrected chi connectivity index (χ4v) is 3.29. The van der Waals surface area contributed by atoms with E-state index < -0.39 is 38.6 Å². The second-order valence-electron chi connectivity index (χ2n) is 6.99. The maximum absolute atomic E-state index is 13.0. The summed E-state index contributed by atoms with van der Waals surface area (Å²) in [6.45, 7) is 1.04. The summed E-state index contributed by atoms with van der Waals surface area (Å²) in [6, 6.07) is 7.38. The van der Waals surface area contributed by atoms with Crippen molar-refractivity contribution >= 4 is 23.0 Å². The minimum Gasteiger partial charge on any atom is -0.370 e. The van der Waals surface area contributed by atoms with Gasteiger partial charge in [0, 0.05) is 38.2 Å². The van der Waals surface area contributed by atoms with Gasteiger partial charge in [0.15, 0.2) is 5.69 Å². The Morgan fingerprint density at radius 2 is 1.55 bits per heavy atom. The molecule has 3 rings (SSSR count). The number of nitrogens with zero attached hydrogens (tertiary/aromatic N) is 3. The SMILES string of the molecule is O=C1CCCN1Cc1ccc(CNc2c([N+](=O)[O-])cc(C(F)(F)F)cc2[N+](=O)[O-])cc1. The Kier molecular flexibility index (Phi) is 6.09. The molecule has 12 heteroatoms. The van der Waals surface area contributed by atoms with E-state index in [0.29, 0.717) is 25.1 Å². The Labute approximate surface area is 173 Å². The minimum atomic E-state index is -4.97. The first-order valence-corrected chi connectivity index (χ1v) is 9.19. The number of alkyl halides is 3. The van der Waals surface area contributed by atoms with Gasteiger partial charge < -0.3 is 10.2 Å². The number of nitro groups is 2. The molecule has 0 aromatic heterocycles. The van der Waals surface area contributed by atoms with Gasteiger partial charge in [-0.25, -0.2) is 0 Å². The summed E-state index contributed by atoms with van der Waals surface area (Å²) in [5, 5.41) is 25.1. The predicted molar refractivity (Wildman–Crippen MR) is 103 cm³/mol. The molecule has 2 aromatic rings. The lowest BCUT2D eigenvalue weighted by molar-refractivity contribution is -0.392. The van der Waals surface area contributed by atoms with E-state index in [2.05, 4.69) is 5.32 Å². The van der Waals surface area contributed by atoms with Crippen LogP contribution in [-0.4, -0.2) is 27.2 Å². The van der Waals surface area contributed by atoms with Crippen LogP contribution in [0, 0.1) is 20.2 Å². The van der Waals surface area contributed by atoms with Crippen molar-refractivity contribution in [3.8, 4) is 0 Å². The molecule has 0 spiro atoms. The van der Waals surface area contributed by atoms with E-state index in [9.17, 15) is 38.2 Å². The first kappa shape index (κ1) is 22.0. The van der Waals surface area contributed by atoms with Crippen molar-refractivity contribution in [2.45, 2.75) is 32.1 Å². The number of nitrogens with one attached hydrogen (secondary N) is 1. The number of benzene rings is 2. The van der Waals surface area contributed by atoms with Crippen molar-refractivity contribution in [3.05, 3.63) is 73.3 Å². The zero-order chi connectivity index (χ0) is 22.8. The Hall–Kier alpha value is -3.70. The average molecular weight is 438 g/mol. The molecule has 1 N–H and O–H groups in total. The Balaban J connectivity index is 1.81. The standard InChI is InChI=1S/C19H17F3N4O5/c20-19(21,22)14-8-15(25(28)29)18(16(9-14)26(30)31)23-10-12-3-5-13(6-4-12)11-24-7-1-2-17(24)27/h3-6,8-9,23H,1-2,7,10-11H2. The number of hydrogen-bond donors (Lipinski definition) is 1. The molecule has 0 atom stereocenters. The van der Waals surface area contributed by atoms with Crippen LogP contribution < -0.4 is 5.32 Å². The van der Waals surface area contributed by atoms with Gasteiger partial charge in [-0.2, -0.15) is 13.2 Å². The number of likely N-dealkylation sites (tertiary alicyclic amines) is 1. The van der Waals surface area contributed by atoms with Gasteiger partial charge in [-0.15, -0.1) is 0 Å². The van der Waals surface area contributed by atoms with Crippen LogP contribution in [0.4, 0.5) is 30.2 Å². The van der Waals surface area contributed by atoms with E-state index in [4.69, 9.17) is 0 Å². The van der Waals surface area contributed by atoms with E-state index in [0.717, 1.165) is 12.0 Å². The summed E-state index contributed by atoms with van der Waals surface area (Å²) in [4.78, 5) is 33.8. The molecule has 0 saturated carbocycles. The van der Waals surface area contributed by atoms with Crippen LogP contribution in [0.15, 0.2) is 36.4 Å². The van der Waals surface area contributed by atoms with Crippen LogP contribution in [0.1, 0.15) is 29.5 Å². The van der Waals surface area contributed by atoms with Gasteiger partial charge in [0.2, 0.25) is 5.91 Å². The number of nitro benzene ring substituents is 2. The van der Waals surface area contributed by atoms with Crippen LogP contribution in [0.2, 0.25) is 0 Å². The summed E-state index contributed by atoms with van der Waals surface area (Å²) in [6.07, 6.45) is -3.64. The highest BCUT2D eigenvalue weighted by atomic mass is 19.4. The molecule has 1 aliphatic rings. The van der Waals surface area contributed by atoms with Crippen molar-refractivity contribution in [2.75, 3.05) is 11.9 Å². The quantitative estimate of drug-likeness (QED) is 0.510. The molecule has 1 saturated heterocycles. The summed E-state index contributed by atoms with van der Waals surface area (Å²) in [5.74, 6) is 0.0765. The third-order valence-electron chi connectivity index (χ3n) is 4.85. The molecule has 9 nitrogen and oxygen atoms in total. The molecule has 0 bridgehead atoms. The monoisotopic (exact) mass is 438 g/mol. The fraction of sp³-hybridized carbons (Fsp3) is 0.316. The highest BCUT2D eigenvalue weighted by Gasteiger charge is 2.37. The van der Waals surface area contributed by atoms with Crippen LogP contribution in [0.3, 0.4) is 0 Å². The van der Waals surface area contributed by atoms with Gasteiger partial charge >= 0.3 is 6.18 Å². The number of carbonyl (C=O) groups is 1. The van der Waals surface area contributed by atoms with Crippen molar-refractivity contribution in [3.63, 3.8) is 0 Å². The predicted octanol–water partition coefficient (Wildman–Crippen LogP) is 4.26. The molecule has 0 radical (unpaired) electrons. The Morgan fingerprint density at radius 1 is 1.00 bits per heavy atom. The summed E-state index contributed by atoms with van der Waals surface area (Å²) in [7, 11) is 0. The van der Waals surface area contributed by atoms with Gasteiger partial charge in [-0.3, -0.25) is 25.0 Å². The number of carbonyl (C=O) groups excluding carboxylic acids is 1. The van der Waals surface area contributed by atoms with Crippen molar-refractivity contribution in [1.82, 2.24) is 4.90 Å². The van der Waals surface area contributed by atoms with E-state index in [1.165, 1.54) is 0 Å². The first-order valence-electron chi connectivity index (χ1n) is 9.19. The molecular weight excluding hydrogens is 421 g/mol. The molecule has 2 aromatic carbocycles. The highest BCUT2D eigenvalue weighted by Crippen LogP contribution is 2.41. The van der Waals surface area contributed by atoms with Gasteiger partial charge in [0.25, 0.3) is 11.4 Å². The maximum atomic E-state index is 13.0. The summed E-state index contributed by atoms with van der Waals surface area (Å²) < 4.78 is 38.9. The van der Waals surface area contributed by atoms with E-state index >= 15 is 0 Å². The third kappa shape index (κ3) is 5.08. The smallest absolute Gasteiger partial charge is 0.370 e. The van der Waals surface area contributed by atoms with Crippen LogP contribution >= 0.6 is 0 Å². The van der Waals surface area contributed by atoms with Crippen LogP contribution in [-0.2, 0) is 24.1 Å². The second-order valence-corrected chi connectivity index (χ2v) is 6.99. The molecule has 0 unspecified atom stereocenters. The molecular formula is C19H17F3N4O5. The number of halogens is 3. The van der Waals surface area contributed by atoms with Gasteiger partial charge in [-0.1, -0.05) is 24.3 Å². The van der Waals surface area contributed by atoms with Gasteiger partial charge in [0.1, 0.15) is 0 Å². The zero-order valence-corrected chi connectivity index (χ0v) is 16.0. The maximum Gasteiger partial charge on any atom is 0.416 e. The number of anilines is 1. The van der Waals surface area contributed by atoms with E-state index in [1.54, 1.807) is 29.2 Å². The Morgan fingerprint density at radius 3 is 2.00 bits per heavy atom. The lowest BCUT2D eigenvalue weighted by atomic mass is 10.1. The van der Waals surface area contributed by atoms with Crippen LogP contribution in [0.25, 0.3) is 0 Å². The zero-order valence-electron chi connectivity index (χ0n) is 16.0. The van der Waals surface area contributed by atoms with E-state index in [-0.39, 0.29) is 24.6 Å². The third-order valence-corrected chi connectivity index (χ3v) is 4.85. The number of amides is 1. The molecule has 164 valence electrons. The van der Waals surface area contributed by atoms with E-state index in [1.807, 2.05) is 0 Å². The first-order chi connectivity index (χ1) is 14.6. The topological polar surface area (TPSA) is 119 Å². The van der Waals surface area contributed by atoms with Crippen molar-refractivity contribution < 1.29 is 27.8 Å². The second kappa shape index (κ2) is 8.58. The Bertz CT molecular complexity index is 989. The highest BCUT2D eigenvalue weighted by molar-refractivity contribution is 5.78. The molecule has 1 heterocycles. The number of hydrogen-bond acceptors (Lipinski definition) is 6. The largest absolute Gasteiger partial charge is 0.416 e. The molecule has 1 fully saturated rings. The fourth-order valence-electron chi connectivity index (χ4n) is 3.29. The molecule has 1 amide bonds. The average Bonchev–Trinajstić information content (AvgIpc) is 3.10. The number of rotatable bonds is 7. The lowest BCUT2D eigenvalue weighted by Gasteiger charge is -2.16. The lowest BCUT2D eigenvalue weighted by Crippen LogP contribution is -2.23. The minimum absolute atomic E-state index is 0.0765. The summed E-state index contributed by atoms with van der Waals surface area (Å²) in [5.41, 5.74) is -2.69. The molecule has 0 aliphatic carbocycles.